The van der Waals surface area contributed by atoms with Gasteiger partial charge < -0.3 is 21.9 Å². The van der Waals surface area contributed by atoms with Crippen molar-refractivity contribution >= 4 is 5.91 Å². The number of methoxy groups -OCH3 is 1. The van der Waals surface area contributed by atoms with Gasteiger partial charge in [0.1, 0.15) is 17.3 Å². The van der Waals surface area contributed by atoms with Crippen molar-refractivity contribution < 1.29 is 9.53 Å². The number of carbonyl (C=O) groups excluding carboxylic acids is 1. The van der Waals surface area contributed by atoms with Crippen LogP contribution in [0, 0.1) is 0 Å². The molecule has 1 amide bonds. The second-order valence-corrected chi connectivity index (χ2v) is 3.64. The molecule has 0 atom stereocenters. The molecule has 98 valence electrons. The fraction of sp³-hybridized carbons (Fsp3) is 0.182. The van der Waals surface area contributed by atoms with E-state index in [9.17, 15) is 4.79 Å². The van der Waals surface area contributed by atoms with Gasteiger partial charge in [0.15, 0.2) is 0 Å². The monoisotopic (exact) mass is 251 g/mol. The van der Waals surface area contributed by atoms with Crippen molar-refractivity contribution in [3.05, 3.63) is 41.3 Å². The minimum atomic E-state index is -0.808. The number of hydrogen-bond donors (Lipinski definition) is 4. The first-order chi connectivity index (χ1) is 8.45. The number of primary amides is 1. The lowest BCUT2D eigenvalue weighted by Gasteiger charge is -2.19. The van der Waals surface area contributed by atoms with Crippen LogP contribution in [0.3, 0.4) is 0 Å². The van der Waals surface area contributed by atoms with Crippen LogP contribution < -0.4 is 27.8 Å². The number of hydrazine groups is 1. The lowest BCUT2D eigenvalue weighted by Crippen LogP contribution is -2.38. The quantitative estimate of drug-likeness (QED) is 0.299. The summed E-state index contributed by atoms with van der Waals surface area (Å²) in [5.41, 5.74) is 16.6. The molecule has 0 unspecified atom stereocenters. The van der Waals surface area contributed by atoms with Gasteiger partial charge in [-0.05, 0) is 17.7 Å². The van der Waals surface area contributed by atoms with E-state index >= 15 is 0 Å². The minimum absolute atomic E-state index is 0.0571. The van der Waals surface area contributed by atoms with E-state index in [1.165, 1.54) is 0 Å². The fourth-order valence-electron chi connectivity index (χ4n) is 1.29. The van der Waals surface area contributed by atoms with Crippen LogP contribution in [0.25, 0.3) is 0 Å². The molecule has 0 heterocycles. The Bertz CT molecular complexity index is 455. The number of rotatable bonds is 5. The topological polar surface area (TPSA) is 134 Å². The van der Waals surface area contributed by atoms with Gasteiger partial charge in [0.2, 0.25) is 0 Å². The van der Waals surface area contributed by atoms with E-state index in [1.807, 2.05) is 12.1 Å². The Morgan fingerprint density at radius 3 is 2.22 bits per heavy atom. The number of nitrogens with two attached hydrogens (primary N) is 4. The summed E-state index contributed by atoms with van der Waals surface area (Å²) in [5.74, 6) is 5.56. The molecular formula is C11H17N5O2. The predicted octanol–water partition coefficient (Wildman–Crippen LogP) is -1.06. The third kappa shape index (κ3) is 3.29. The highest BCUT2D eigenvalue weighted by atomic mass is 16.5. The van der Waals surface area contributed by atoms with Gasteiger partial charge in [-0.15, -0.1) is 0 Å². The van der Waals surface area contributed by atoms with Gasteiger partial charge in [0.05, 0.1) is 13.7 Å². The van der Waals surface area contributed by atoms with E-state index in [1.54, 1.807) is 19.2 Å². The van der Waals surface area contributed by atoms with Crippen molar-refractivity contribution in [2.45, 2.75) is 6.54 Å². The summed E-state index contributed by atoms with van der Waals surface area (Å²) in [5, 5.41) is 1.15. The minimum Gasteiger partial charge on any atom is -0.497 e. The number of hydrogen-bond acceptors (Lipinski definition) is 6. The van der Waals surface area contributed by atoms with Crippen molar-refractivity contribution in [2.24, 2.45) is 23.0 Å². The van der Waals surface area contributed by atoms with Gasteiger partial charge in [0, 0.05) is 0 Å². The zero-order valence-electron chi connectivity index (χ0n) is 10.1. The molecule has 7 heteroatoms. The van der Waals surface area contributed by atoms with E-state index in [2.05, 4.69) is 0 Å². The van der Waals surface area contributed by atoms with Crippen LogP contribution in [0.2, 0.25) is 0 Å². The summed E-state index contributed by atoms with van der Waals surface area (Å²) in [6.07, 6.45) is 0. The highest BCUT2D eigenvalue weighted by Crippen LogP contribution is 2.13. The molecular weight excluding hydrogens is 234 g/mol. The molecule has 0 fully saturated rings. The molecule has 0 spiro atoms. The molecule has 0 radical (unpaired) electrons. The zero-order valence-corrected chi connectivity index (χ0v) is 10.1. The van der Waals surface area contributed by atoms with Crippen LogP contribution in [0.1, 0.15) is 5.56 Å². The maximum absolute atomic E-state index is 10.8. The highest BCUT2D eigenvalue weighted by molar-refractivity contribution is 5.91. The van der Waals surface area contributed by atoms with Gasteiger partial charge in [0.25, 0.3) is 5.91 Å². The molecule has 0 saturated carbocycles. The summed E-state index contributed by atoms with van der Waals surface area (Å²) in [7, 11) is 1.58. The molecule has 0 aliphatic heterocycles. The molecule has 1 aromatic rings. The van der Waals surface area contributed by atoms with E-state index in [-0.39, 0.29) is 11.5 Å². The first-order valence-electron chi connectivity index (χ1n) is 5.16. The molecule has 18 heavy (non-hydrogen) atoms. The molecule has 0 aliphatic carbocycles. The van der Waals surface area contributed by atoms with Crippen LogP contribution >= 0.6 is 0 Å². The normalized spacial score (nSPS) is 11.7. The second kappa shape index (κ2) is 5.78. The van der Waals surface area contributed by atoms with E-state index < -0.39 is 5.91 Å². The Morgan fingerprint density at radius 2 is 1.78 bits per heavy atom. The Balaban J connectivity index is 2.78. The molecule has 0 aliphatic rings. The zero-order chi connectivity index (χ0) is 13.7. The Morgan fingerprint density at radius 1 is 1.22 bits per heavy atom. The lowest BCUT2D eigenvalue weighted by molar-refractivity contribution is -0.114. The SMILES string of the molecule is COc1ccc(CN(N)/C(N)=C(\N)C(N)=O)cc1. The number of benzene rings is 1. The van der Waals surface area contributed by atoms with Gasteiger partial charge in [-0.2, -0.15) is 0 Å². The summed E-state index contributed by atoms with van der Waals surface area (Å²) in [6.45, 7) is 0.295. The van der Waals surface area contributed by atoms with Crippen molar-refractivity contribution in [3.63, 3.8) is 0 Å². The highest BCUT2D eigenvalue weighted by Gasteiger charge is 2.10. The molecule has 0 saturated heterocycles. The second-order valence-electron chi connectivity index (χ2n) is 3.64. The average Bonchev–Trinajstić information content (AvgIpc) is 2.37. The summed E-state index contributed by atoms with van der Waals surface area (Å²) >= 11 is 0. The molecule has 1 rings (SSSR count). The standard InChI is InChI=1S/C11H17N5O2/c1-18-8-4-2-7(3-5-8)6-16(15)10(13)9(12)11(14)17/h2-5H,6,12-13,15H2,1H3,(H2,14,17)/b10-9-. The average molecular weight is 251 g/mol. The Labute approximate surface area is 105 Å². The maximum Gasteiger partial charge on any atom is 0.268 e. The van der Waals surface area contributed by atoms with Crippen molar-refractivity contribution in [2.75, 3.05) is 7.11 Å². The predicted molar refractivity (Wildman–Crippen MR) is 67.3 cm³/mol. The van der Waals surface area contributed by atoms with Gasteiger partial charge >= 0.3 is 0 Å². The largest absolute Gasteiger partial charge is 0.497 e. The van der Waals surface area contributed by atoms with Crippen molar-refractivity contribution in [1.82, 2.24) is 5.01 Å². The molecule has 8 N–H and O–H groups in total. The summed E-state index contributed by atoms with van der Waals surface area (Å²) in [4.78, 5) is 10.8. The first kappa shape index (κ1) is 13.7. The third-order valence-corrected chi connectivity index (χ3v) is 2.36. The van der Waals surface area contributed by atoms with Gasteiger partial charge in [-0.3, -0.25) is 9.80 Å². The number of carbonyl (C=O) groups is 1. The molecule has 0 bridgehead atoms. The molecule has 0 aromatic heterocycles. The van der Waals surface area contributed by atoms with Gasteiger partial charge in [-0.1, -0.05) is 12.1 Å². The smallest absolute Gasteiger partial charge is 0.268 e. The van der Waals surface area contributed by atoms with E-state index in [0.29, 0.717) is 6.54 Å². The fourth-order valence-corrected chi connectivity index (χ4v) is 1.29. The molecule has 1 aromatic carbocycles. The number of amides is 1. The van der Waals surface area contributed by atoms with Gasteiger partial charge in [-0.25, -0.2) is 5.84 Å². The Kier molecular flexibility index (Phi) is 4.39. The van der Waals surface area contributed by atoms with Crippen LogP contribution in [0.5, 0.6) is 5.75 Å². The first-order valence-corrected chi connectivity index (χ1v) is 5.16. The van der Waals surface area contributed by atoms with Crippen LogP contribution in [-0.2, 0) is 11.3 Å². The van der Waals surface area contributed by atoms with Crippen molar-refractivity contribution in [3.8, 4) is 5.75 Å². The number of ether oxygens (including phenoxy) is 1. The lowest BCUT2D eigenvalue weighted by atomic mass is 10.2. The number of nitrogens with zero attached hydrogens (tertiary/aromatic N) is 1. The van der Waals surface area contributed by atoms with Crippen LogP contribution in [-0.4, -0.2) is 18.0 Å². The summed E-state index contributed by atoms with van der Waals surface area (Å²) < 4.78 is 5.03. The maximum atomic E-state index is 10.8. The summed E-state index contributed by atoms with van der Waals surface area (Å²) in [6, 6.07) is 7.24. The van der Waals surface area contributed by atoms with Crippen LogP contribution in [0.15, 0.2) is 35.8 Å². The Hall–Kier alpha value is -2.41. The van der Waals surface area contributed by atoms with E-state index in [4.69, 9.17) is 27.8 Å². The third-order valence-electron chi connectivity index (χ3n) is 2.36. The van der Waals surface area contributed by atoms with Crippen molar-refractivity contribution in [1.29, 1.82) is 0 Å². The van der Waals surface area contributed by atoms with E-state index in [0.717, 1.165) is 16.3 Å². The van der Waals surface area contributed by atoms with Crippen LogP contribution in [0.4, 0.5) is 0 Å². The molecule has 7 nitrogen and oxygen atoms in total.